The van der Waals surface area contributed by atoms with Crippen LogP contribution in [0.3, 0.4) is 0 Å². The number of methoxy groups -OCH3 is 1. The molecular weight excluding hydrogens is 414 g/mol. The molecule has 33 heavy (non-hydrogen) atoms. The zero-order valence-corrected chi connectivity index (χ0v) is 19.4. The van der Waals surface area contributed by atoms with Crippen LogP contribution in [0, 0.1) is 13.8 Å². The van der Waals surface area contributed by atoms with E-state index < -0.39 is 0 Å². The van der Waals surface area contributed by atoms with E-state index in [1.54, 1.807) is 7.11 Å². The lowest BCUT2D eigenvalue weighted by Gasteiger charge is -2.38. The first-order chi connectivity index (χ1) is 16.0. The minimum absolute atomic E-state index is 0.00800. The van der Waals surface area contributed by atoms with Crippen molar-refractivity contribution < 1.29 is 14.3 Å². The highest BCUT2D eigenvalue weighted by atomic mass is 16.5. The van der Waals surface area contributed by atoms with Gasteiger partial charge in [-0.15, -0.1) is 0 Å². The molecule has 2 aliphatic heterocycles. The van der Waals surface area contributed by atoms with E-state index in [0.717, 1.165) is 71.0 Å². The molecule has 0 N–H and O–H groups in total. The zero-order valence-electron chi connectivity index (χ0n) is 19.4. The highest BCUT2D eigenvalue weighted by molar-refractivity contribution is 5.98. The van der Waals surface area contributed by atoms with Crippen LogP contribution in [0.4, 0.5) is 0 Å². The second kappa shape index (κ2) is 8.77. The zero-order chi connectivity index (χ0) is 22.9. The van der Waals surface area contributed by atoms with Crippen LogP contribution in [0.2, 0.25) is 0 Å². The molecule has 1 fully saturated rings. The number of benzene rings is 2. The first-order valence-corrected chi connectivity index (χ1v) is 11.5. The second-order valence-electron chi connectivity index (χ2n) is 8.80. The number of carbonyl (C=O) groups is 1. The molecule has 0 aliphatic carbocycles. The number of imidazole rings is 1. The maximum absolute atomic E-state index is 13.5. The molecule has 3 heterocycles. The van der Waals surface area contributed by atoms with Gasteiger partial charge in [0.05, 0.1) is 31.8 Å². The molecular formula is C27H29N3O3. The fourth-order valence-corrected chi connectivity index (χ4v) is 4.88. The Bertz CT molecular complexity index is 1230. The summed E-state index contributed by atoms with van der Waals surface area (Å²) in [5.41, 5.74) is 6.18. The summed E-state index contributed by atoms with van der Waals surface area (Å²) in [6.07, 6.45) is 8.45. The summed E-state index contributed by atoms with van der Waals surface area (Å²) < 4.78 is 13.3. The van der Waals surface area contributed by atoms with Gasteiger partial charge in [-0.3, -0.25) is 4.79 Å². The van der Waals surface area contributed by atoms with Crippen molar-refractivity contribution in [1.82, 2.24) is 14.5 Å². The van der Waals surface area contributed by atoms with Crippen LogP contribution in [0.25, 0.3) is 11.8 Å². The number of rotatable bonds is 4. The van der Waals surface area contributed by atoms with Gasteiger partial charge in [0.1, 0.15) is 11.5 Å². The van der Waals surface area contributed by atoms with E-state index in [0.29, 0.717) is 6.61 Å². The lowest BCUT2D eigenvalue weighted by Crippen LogP contribution is -2.41. The smallest absolute Gasteiger partial charge is 0.250 e. The fraction of sp³-hybridized carbons (Fsp3) is 0.333. The van der Waals surface area contributed by atoms with Crippen molar-refractivity contribution in [3.8, 4) is 17.2 Å². The Hall–Kier alpha value is -3.54. The molecule has 1 amide bonds. The van der Waals surface area contributed by atoms with Crippen LogP contribution >= 0.6 is 0 Å². The molecule has 5 rings (SSSR count). The van der Waals surface area contributed by atoms with Crippen molar-refractivity contribution >= 4 is 12.0 Å². The highest BCUT2D eigenvalue weighted by Crippen LogP contribution is 2.40. The Morgan fingerprint density at radius 2 is 2.06 bits per heavy atom. The van der Waals surface area contributed by atoms with E-state index >= 15 is 0 Å². The minimum Gasteiger partial charge on any atom is -0.497 e. The van der Waals surface area contributed by atoms with Gasteiger partial charge in [-0.2, -0.15) is 0 Å². The second-order valence-corrected chi connectivity index (χ2v) is 8.80. The number of hydrogen-bond donors (Lipinski definition) is 0. The number of ether oxygens (including phenoxy) is 2. The molecule has 0 saturated carbocycles. The van der Waals surface area contributed by atoms with Crippen molar-refractivity contribution in [2.45, 2.75) is 39.2 Å². The number of hydrogen-bond acceptors (Lipinski definition) is 4. The molecule has 1 saturated heterocycles. The third-order valence-electron chi connectivity index (χ3n) is 6.53. The molecule has 1 aromatic heterocycles. The maximum atomic E-state index is 13.5. The Kier molecular flexibility index (Phi) is 5.67. The molecule has 0 radical (unpaired) electrons. The summed E-state index contributed by atoms with van der Waals surface area (Å²) >= 11 is 0. The van der Waals surface area contributed by atoms with Crippen molar-refractivity contribution in [2.24, 2.45) is 0 Å². The summed E-state index contributed by atoms with van der Waals surface area (Å²) in [6, 6.07) is 12.2. The highest BCUT2D eigenvalue weighted by Gasteiger charge is 2.34. The number of carbonyl (C=O) groups excluding carboxylic acids is 1. The molecule has 0 spiro atoms. The number of aryl methyl sites for hydroxylation is 2. The Morgan fingerprint density at radius 3 is 2.82 bits per heavy atom. The van der Waals surface area contributed by atoms with Gasteiger partial charge in [-0.25, -0.2) is 4.98 Å². The Labute approximate surface area is 194 Å². The van der Waals surface area contributed by atoms with E-state index in [9.17, 15) is 4.79 Å². The average Bonchev–Trinajstić information content (AvgIpc) is 3.25. The van der Waals surface area contributed by atoms with Gasteiger partial charge in [0.25, 0.3) is 0 Å². The molecule has 0 unspecified atom stereocenters. The van der Waals surface area contributed by atoms with Crippen LogP contribution in [0.1, 0.15) is 47.7 Å². The summed E-state index contributed by atoms with van der Waals surface area (Å²) in [5, 5.41) is 0. The predicted octanol–water partition coefficient (Wildman–Crippen LogP) is 5.03. The SMILES string of the molecule is COc1ccc2c(c1)[C@H](N1CCC/C(=C\c3ccc(-n4cnc(C)c4)c(C)c3)C1=O)CCO2. The molecule has 6 nitrogen and oxygen atoms in total. The van der Waals surface area contributed by atoms with E-state index in [1.807, 2.05) is 47.1 Å². The lowest BCUT2D eigenvalue weighted by atomic mass is 9.93. The van der Waals surface area contributed by atoms with E-state index in [-0.39, 0.29) is 11.9 Å². The van der Waals surface area contributed by atoms with E-state index in [2.05, 4.69) is 36.2 Å². The van der Waals surface area contributed by atoms with Crippen LogP contribution in [-0.4, -0.2) is 40.6 Å². The number of piperidine rings is 1. The molecule has 1 atom stereocenters. The monoisotopic (exact) mass is 443 g/mol. The summed E-state index contributed by atoms with van der Waals surface area (Å²) in [7, 11) is 1.66. The normalized spacial score (nSPS) is 19.4. The van der Waals surface area contributed by atoms with Gasteiger partial charge in [-0.05, 0) is 74.2 Å². The largest absolute Gasteiger partial charge is 0.497 e. The number of fused-ring (bicyclic) bond motifs is 1. The Balaban J connectivity index is 1.41. The number of aromatic nitrogens is 2. The number of amides is 1. The average molecular weight is 444 g/mol. The first-order valence-electron chi connectivity index (χ1n) is 11.5. The summed E-state index contributed by atoms with van der Waals surface area (Å²) in [6.45, 7) is 5.45. The van der Waals surface area contributed by atoms with Crippen molar-refractivity contribution in [1.29, 1.82) is 0 Å². The fourth-order valence-electron chi connectivity index (χ4n) is 4.88. The topological polar surface area (TPSA) is 56.6 Å². The van der Waals surface area contributed by atoms with E-state index in [4.69, 9.17) is 9.47 Å². The van der Waals surface area contributed by atoms with Gasteiger partial charge >= 0.3 is 0 Å². The quantitative estimate of drug-likeness (QED) is 0.531. The lowest BCUT2D eigenvalue weighted by molar-refractivity contribution is -0.131. The molecule has 3 aromatic rings. The van der Waals surface area contributed by atoms with Gasteiger partial charge in [0, 0.05) is 36.0 Å². The van der Waals surface area contributed by atoms with Crippen molar-refractivity contribution in [3.05, 3.63) is 76.9 Å². The third-order valence-corrected chi connectivity index (χ3v) is 6.53. The first kappa shape index (κ1) is 21.3. The summed E-state index contributed by atoms with van der Waals surface area (Å²) in [5.74, 6) is 1.75. The molecule has 2 aliphatic rings. The maximum Gasteiger partial charge on any atom is 0.250 e. The molecule has 6 heteroatoms. The van der Waals surface area contributed by atoms with Gasteiger partial charge < -0.3 is 18.9 Å². The van der Waals surface area contributed by atoms with Crippen LogP contribution < -0.4 is 9.47 Å². The Morgan fingerprint density at radius 1 is 1.18 bits per heavy atom. The molecule has 0 bridgehead atoms. The van der Waals surface area contributed by atoms with Gasteiger partial charge in [-0.1, -0.05) is 6.07 Å². The van der Waals surface area contributed by atoms with Gasteiger partial charge in [0.2, 0.25) is 5.91 Å². The standard InChI is InChI=1S/C27H29N3O3/c1-18-13-20(6-8-24(18)29-16-19(2)28-17-29)14-21-5-4-11-30(27(21)31)25-10-12-33-26-9-7-22(32-3)15-23(25)26/h6-9,13-17,25H,4-5,10-12H2,1-3H3/b21-14+/t25-/m1/s1. The van der Waals surface area contributed by atoms with Crippen LogP contribution in [-0.2, 0) is 4.79 Å². The predicted molar refractivity (Wildman–Crippen MR) is 128 cm³/mol. The van der Waals surface area contributed by atoms with Crippen LogP contribution in [0.5, 0.6) is 11.5 Å². The number of nitrogens with zero attached hydrogens (tertiary/aromatic N) is 3. The van der Waals surface area contributed by atoms with Crippen molar-refractivity contribution in [3.63, 3.8) is 0 Å². The third kappa shape index (κ3) is 4.13. The molecule has 2 aromatic carbocycles. The van der Waals surface area contributed by atoms with Crippen molar-refractivity contribution in [2.75, 3.05) is 20.3 Å². The van der Waals surface area contributed by atoms with Crippen LogP contribution in [0.15, 0.2) is 54.5 Å². The van der Waals surface area contributed by atoms with E-state index in [1.165, 1.54) is 0 Å². The van der Waals surface area contributed by atoms with Gasteiger partial charge in [0.15, 0.2) is 0 Å². The molecule has 170 valence electrons. The summed E-state index contributed by atoms with van der Waals surface area (Å²) in [4.78, 5) is 19.9. The minimum atomic E-state index is 0.00800. The number of likely N-dealkylation sites (tertiary alicyclic amines) is 1.